The van der Waals surface area contributed by atoms with Gasteiger partial charge in [0.25, 0.3) is 5.65 Å². The smallest absolute Gasteiger partial charge is 0.299 e. The first-order valence-corrected chi connectivity index (χ1v) is 12.6. The number of unbranched alkanes of at least 4 members (excludes halogenated alkanes) is 5. The molecule has 0 aromatic heterocycles. The standard InChI is InChI=1S/C23H36NO4P/c1-6-7-8-9-10-14-17-29(28,20-15-12-11-13-16-20)23(27)24(21(25)18(2)3)22(26)19(4)5/h11-13,15-16,18-19H,6-10,14,17H2,1-5H3. The van der Waals surface area contributed by atoms with Crippen LogP contribution < -0.4 is 5.30 Å². The third-order valence-corrected chi connectivity index (χ3v) is 7.83. The van der Waals surface area contributed by atoms with Crippen LogP contribution in [-0.2, 0) is 14.2 Å². The molecule has 0 bridgehead atoms. The molecule has 0 N–H and O–H groups in total. The third-order valence-electron chi connectivity index (χ3n) is 4.93. The molecule has 1 unspecified atom stereocenters. The van der Waals surface area contributed by atoms with Gasteiger partial charge < -0.3 is 4.57 Å². The maximum atomic E-state index is 14.0. The van der Waals surface area contributed by atoms with Crippen molar-refractivity contribution >= 4 is 29.9 Å². The highest BCUT2D eigenvalue weighted by Crippen LogP contribution is 2.48. The normalized spacial score (nSPS) is 13.3. The van der Waals surface area contributed by atoms with Crippen LogP contribution in [0.2, 0.25) is 0 Å². The Bertz CT molecular complexity index is 708. The summed E-state index contributed by atoms with van der Waals surface area (Å²) in [5, 5.41) is 0.414. The van der Waals surface area contributed by atoms with Crippen molar-refractivity contribution in [3.8, 4) is 0 Å². The first kappa shape index (κ1) is 25.3. The van der Waals surface area contributed by atoms with Gasteiger partial charge in [0, 0.05) is 23.3 Å². The topological polar surface area (TPSA) is 71.5 Å². The van der Waals surface area contributed by atoms with E-state index in [9.17, 15) is 18.9 Å². The number of imide groups is 3. The Balaban J connectivity index is 3.21. The van der Waals surface area contributed by atoms with E-state index in [-0.39, 0.29) is 6.16 Å². The SMILES string of the molecule is CCCCCCCCP(=O)(C(=O)N(C(=O)C(C)C)C(=O)C(C)C)c1ccccc1. The Labute approximate surface area is 175 Å². The van der Waals surface area contributed by atoms with Crippen molar-refractivity contribution in [2.45, 2.75) is 73.1 Å². The van der Waals surface area contributed by atoms with Gasteiger partial charge in [0.05, 0.1) is 0 Å². The number of carbonyl (C=O) groups excluding carboxylic acids is 3. The van der Waals surface area contributed by atoms with Gasteiger partial charge in [-0.2, -0.15) is 0 Å². The van der Waals surface area contributed by atoms with E-state index in [1.807, 2.05) is 0 Å². The first-order chi connectivity index (χ1) is 13.7. The molecule has 5 nitrogen and oxygen atoms in total. The summed E-state index contributed by atoms with van der Waals surface area (Å²) in [6, 6.07) is 8.57. The van der Waals surface area contributed by atoms with Crippen LogP contribution in [0, 0.1) is 11.8 Å². The number of carbonyl (C=O) groups is 3. The molecule has 1 aromatic rings. The van der Waals surface area contributed by atoms with E-state index in [0.717, 1.165) is 32.1 Å². The summed E-state index contributed by atoms with van der Waals surface area (Å²) in [6.45, 7) is 8.69. The summed E-state index contributed by atoms with van der Waals surface area (Å²) in [5.41, 5.74) is -0.838. The Hall–Kier alpha value is -1.74. The Morgan fingerprint density at radius 1 is 0.828 bits per heavy atom. The maximum Gasteiger partial charge on any atom is 0.299 e. The molecule has 0 radical (unpaired) electrons. The Kier molecular flexibility index (Phi) is 10.5. The van der Waals surface area contributed by atoms with Crippen molar-refractivity contribution in [1.29, 1.82) is 0 Å². The van der Waals surface area contributed by atoms with E-state index in [4.69, 9.17) is 0 Å². The lowest BCUT2D eigenvalue weighted by atomic mass is 10.1. The molecule has 0 aliphatic rings. The van der Waals surface area contributed by atoms with Crippen LogP contribution in [0.15, 0.2) is 30.3 Å². The number of amides is 3. The van der Waals surface area contributed by atoms with Crippen LogP contribution in [0.1, 0.15) is 73.1 Å². The van der Waals surface area contributed by atoms with Crippen molar-refractivity contribution in [2.75, 3.05) is 6.16 Å². The fourth-order valence-corrected chi connectivity index (χ4v) is 5.61. The minimum atomic E-state index is -3.62. The highest BCUT2D eigenvalue weighted by atomic mass is 31.2. The largest absolute Gasteiger partial charge is 0.308 e. The molecule has 0 aliphatic carbocycles. The van der Waals surface area contributed by atoms with Crippen LogP contribution in [0.5, 0.6) is 0 Å². The average Bonchev–Trinajstić information content (AvgIpc) is 2.70. The van der Waals surface area contributed by atoms with Crippen LogP contribution in [0.3, 0.4) is 0 Å². The zero-order valence-electron chi connectivity index (χ0n) is 18.5. The lowest BCUT2D eigenvalue weighted by molar-refractivity contribution is -0.144. The lowest BCUT2D eigenvalue weighted by Gasteiger charge is -2.27. The molecule has 1 rings (SSSR count). The van der Waals surface area contributed by atoms with Gasteiger partial charge in [-0.25, -0.2) is 4.90 Å². The maximum absolute atomic E-state index is 14.0. The predicted octanol–water partition coefficient (Wildman–Crippen LogP) is 5.82. The summed E-state index contributed by atoms with van der Waals surface area (Å²) in [6.07, 6.45) is 6.12. The lowest BCUT2D eigenvalue weighted by Crippen LogP contribution is -2.46. The van der Waals surface area contributed by atoms with Gasteiger partial charge in [-0.05, 0) is 6.42 Å². The summed E-state index contributed by atoms with van der Waals surface area (Å²) < 4.78 is 14.0. The average molecular weight is 422 g/mol. The molecule has 0 saturated carbocycles. The molecule has 0 saturated heterocycles. The predicted molar refractivity (Wildman–Crippen MR) is 119 cm³/mol. The van der Waals surface area contributed by atoms with Gasteiger partial charge in [0.2, 0.25) is 19.0 Å². The Morgan fingerprint density at radius 3 is 1.79 bits per heavy atom. The molecule has 1 aromatic carbocycles. The number of benzene rings is 1. The van der Waals surface area contributed by atoms with Gasteiger partial charge in [-0.1, -0.05) is 97.1 Å². The van der Waals surface area contributed by atoms with E-state index >= 15 is 0 Å². The van der Waals surface area contributed by atoms with E-state index in [1.54, 1.807) is 58.0 Å². The molecule has 0 spiro atoms. The highest BCUT2D eigenvalue weighted by Gasteiger charge is 2.43. The van der Waals surface area contributed by atoms with Crippen LogP contribution >= 0.6 is 7.14 Å². The number of hydrogen-bond donors (Lipinski definition) is 0. The highest BCUT2D eigenvalue weighted by molar-refractivity contribution is 7.86. The zero-order valence-corrected chi connectivity index (χ0v) is 19.4. The van der Waals surface area contributed by atoms with Gasteiger partial charge >= 0.3 is 0 Å². The molecule has 0 aliphatic heterocycles. The van der Waals surface area contributed by atoms with Crippen molar-refractivity contribution in [3.63, 3.8) is 0 Å². The summed E-state index contributed by atoms with van der Waals surface area (Å²) in [5.74, 6) is -2.26. The summed E-state index contributed by atoms with van der Waals surface area (Å²) in [7, 11) is -3.62. The quantitative estimate of drug-likeness (QED) is 0.333. The van der Waals surface area contributed by atoms with Crippen molar-refractivity contribution in [3.05, 3.63) is 30.3 Å². The Morgan fingerprint density at radius 2 is 1.31 bits per heavy atom. The fourth-order valence-electron chi connectivity index (χ4n) is 3.09. The second kappa shape index (κ2) is 12.1. The summed E-state index contributed by atoms with van der Waals surface area (Å²) >= 11 is 0. The van der Waals surface area contributed by atoms with Crippen molar-refractivity contribution in [2.24, 2.45) is 11.8 Å². The van der Waals surface area contributed by atoms with Crippen molar-refractivity contribution < 1.29 is 18.9 Å². The third kappa shape index (κ3) is 6.92. The van der Waals surface area contributed by atoms with E-state index in [1.165, 1.54) is 0 Å². The molecule has 0 heterocycles. The fraction of sp³-hybridized carbons (Fsp3) is 0.609. The van der Waals surface area contributed by atoms with Gasteiger partial charge in [0.1, 0.15) is 0 Å². The molecule has 0 fully saturated rings. The second-order valence-corrected chi connectivity index (χ2v) is 11.0. The van der Waals surface area contributed by atoms with Crippen LogP contribution in [0.25, 0.3) is 0 Å². The van der Waals surface area contributed by atoms with Crippen molar-refractivity contribution in [1.82, 2.24) is 4.90 Å². The number of nitrogens with zero attached hydrogens (tertiary/aromatic N) is 1. The van der Waals surface area contributed by atoms with Crippen LogP contribution in [-0.4, -0.2) is 28.5 Å². The van der Waals surface area contributed by atoms with E-state index in [0.29, 0.717) is 16.6 Å². The minimum absolute atomic E-state index is 0.176. The number of hydrogen-bond acceptors (Lipinski definition) is 4. The molecule has 6 heteroatoms. The van der Waals surface area contributed by atoms with E-state index < -0.39 is 36.4 Å². The summed E-state index contributed by atoms with van der Waals surface area (Å²) in [4.78, 5) is 39.6. The zero-order chi connectivity index (χ0) is 22.0. The second-order valence-electron chi connectivity index (χ2n) is 8.17. The molecule has 3 amide bonds. The molecular weight excluding hydrogens is 385 g/mol. The minimum Gasteiger partial charge on any atom is -0.308 e. The monoisotopic (exact) mass is 421 g/mol. The van der Waals surface area contributed by atoms with Gasteiger partial charge in [0.15, 0.2) is 0 Å². The van der Waals surface area contributed by atoms with Gasteiger partial charge in [-0.3, -0.25) is 14.4 Å². The van der Waals surface area contributed by atoms with E-state index in [2.05, 4.69) is 6.92 Å². The first-order valence-electron chi connectivity index (χ1n) is 10.7. The molecule has 29 heavy (non-hydrogen) atoms. The van der Waals surface area contributed by atoms with Crippen LogP contribution in [0.4, 0.5) is 4.79 Å². The molecular formula is C23H36NO4P. The number of rotatable bonds is 11. The molecule has 1 atom stereocenters. The van der Waals surface area contributed by atoms with Gasteiger partial charge in [-0.15, -0.1) is 0 Å². The molecule has 162 valence electrons.